The van der Waals surface area contributed by atoms with Gasteiger partial charge in [-0.2, -0.15) is 0 Å². The highest BCUT2D eigenvalue weighted by molar-refractivity contribution is 9.09. The zero-order chi connectivity index (χ0) is 17.9. The van der Waals surface area contributed by atoms with Crippen molar-refractivity contribution in [1.29, 1.82) is 0 Å². The van der Waals surface area contributed by atoms with Crippen LogP contribution < -0.4 is 9.47 Å². The van der Waals surface area contributed by atoms with Crippen LogP contribution in [0.5, 0.6) is 11.5 Å². The lowest BCUT2D eigenvalue weighted by atomic mass is 10.1. The first-order valence-corrected chi connectivity index (χ1v) is 11.6. The number of alkyl halides is 1. The average molecular weight is 446 g/mol. The molecule has 2 aliphatic heterocycles. The van der Waals surface area contributed by atoms with Crippen molar-refractivity contribution >= 4 is 45.4 Å². The number of rotatable bonds is 6. The zero-order valence-electron chi connectivity index (χ0n) is 14.6. The molecule has 1 amide bonds. The third-order valence-electron chi connectivity index (χ3n) is 4.79. The van der Waals surface area contributed by atoms with Gasteiger partial charge in [0.25, 0.3) is 0 Å². The van der Waals surface area contributed by atoms with Crippen molar-refractivity contribution in [3.05, 3.63) is 23.8 Å². The van der Waals surface area contributed by atoms with Crippen LogP contribution in [-0.2, 0) is 8.87 Å². The first-order chi connectivity index (χ1) is 12.1. The first kappa shape index (κ1) is 19.2. The third-order valence-corrected chi connectivity index (χ3v) is 8.89. The van der Waals surface area contributed by atoms with Gasteiger partial charge in [0.05, 0.1) is 14.2 Å². The number of hydrogen-bond acceptors (Lipinski definition) is 5. The number of nitrogens with zero attached hydrogens (tertiary/aromatic N) is 1. The maximum atomic E-state index is 12.5. The van der Waals surface area contributed by atoms with Gasteiger partial charge in [0.2, 0.25) is 5.91 Å². The fraction of sp³-hybridized carbons (Fsp3) is 0.611. The molecule has 25 heavy (non-hydrogen) atoms. The fourth-order valence-electron chi connectivity index (χ4n) is 3.39. The van der Waals surface area contributed by atoms with Crippen LogP contribution in [0.1, 0.15) is 24.8 Å². The molecule has 1 aromatic rings. The first-order valence-electron chi connectivity index (χ1n) is 8.49. The van der Waals surface area contributed by atoms with E-state index >= 15 is 0 Å². The quantitative estimate of drug-likeness (QED) is 0.615. The van der Waals surface area contributed by atoms with Crippen LogP contribution in [0.15, 0.2) is 18.2 Å². The second-order valence-electron chi connectivity index (χ2n) is 6.24. The topological polar surface area (TPSA) is 38.8 Å². The van der Waals surface area contributed by atoms with E-state index < -0.39 is 0 Å². The number of ether oxygens (including phenoxy) is 2. The van der Waals surface area contributed by atoms with Crippen molar-refractivity contribution in [2.24, 2.45) is 0 Å². The van der Waals surface area contributed by atoms with Crippen LogP contribution in [0, 0.1) is 0 Å². The minimum absolute atomic E-state index is 0.141. The Hall–Kier alpha value is -0.530. The van der Waals surface area contributed by atoms with Gasteiger partial charge in [0, 0.05) is 24.3 Å². The van der Waals surface area contributed by atoms with E-state index in [1.165, 1.54) is 12.0 Å². The lowest BCUT2D eigenvalue weighted by Crippen LogP contribution is -2.43. The number of carbonyl (C=O) groups excluding carboxylic acids is 1. The summed E-state index contributed by atoms with van der Waals surface area (Å²) in [5.41, 5.74) is 1.20. The second kappa shape index (κ2) is 8.44. The van der Waals surface area contributed by atoms with E-state index in [2.05, 4.69) is 33.0 Å². The largest absolute Gasteiger partial charge is 0.493 e. The molecule has 0 spiro atoms. The molecule has 3 rings (SSSR count). The molecule has 0 radical (unpaired) electrons. The Bertz CT molecular complexity index is 622. The minimum Gasteiger partial charge on any atom is -0.493 e. The van der Waals surface area contributed by atoms with E-state index in [9.17, 15) is 4.79 Å². The highest BCUT2D eigenvalue weighted by atomic mass is 79.9. The van der Waals surface area contributed by atoms with Gasteiger partial charge in [-0.1, -0.05) is 22.0 Å². The van der Waals surface area contributed by atoms with Crippen molar-refractivity contribution in [3.63, 3.8) is 0 Å². The molecule has 0 aromatic heterocycles. The van der Waals surface area contributed by atoms with E-state index in [1.54, 1.807) is 14.2 Å². The molecular weight excluding hydrogens is 422 g/mol. The molecule has 1 aromatic carbocycles. The van der Waals surface area contributed by atoms with Gasteiger partial charge in [-0.15, -0.1) is 23.5 Å². The molecule has 138 valence electrons. The fourth-order valence-corrected chi connectivity index (χ4v) is 7.37. The maximum absolute atomic E-state index is 12.5. The Morgan fingerprint density at radius 1 is 1.24 bits per heavy atom. The Morgan fingerprint density at radius 2 is 1.96 bits per heavy atom. The van der Waals surface area contributed by atoms with Gasteiger partial charge < -0.3 is 14.4 Å². The molecule has 2 fully saturated rings. The summed E-state index contributed by atoms with van der Waals surface area (Å²) in [7, 11) is 3.32. The summed E-state index contributed by atoms with van der Waals surface area (Å²) in [6.45, 7) is 0.743. The molecule has 2 heterocycles. The average Bonchev–Trinajstić information content (AvgIpc) is 3.01. The summed E-state index contributed by atoms with van der Waals surface area (Å²) in [5, 5.41) is 0.843. The van der Waals surface area contributed by atoms with Crippen LogP contribution in [0.3, 0.4) is 0 Å². The second-order valence-corrected chi connectivity index (χ2v) is 9.94. The van der Waals surface area contributed by atoms with Crippen molar-refractivity contribution in [3.8, 4) is 11.5 Å². The van der Waals surface area contributed by atoms with Crippen LogP contribution in [-0.4, -0.2) is 54.4 Å². The lowest BCUT2D eigenvalue weighted by molar-refractivity contribution is -0.128. The van der Waals surface area contributed by atoms with Gasteiger partial charge in [-0.25, -0.2) is 0 Å². The van der Waals surface area contributed by atoms with Gasteiger partial charge >= 0.3 is 0 Å². The Morgan fingerprint density at radius 3 is 2.60 bits per heavy atom. The van der Waals surface area contributed by atoms with Crippen molar-refractivity contribution in [2.75, 3.05) is 37.6 Å². The predicted molar refractivity (Wildman–Crippen MR) is 109 cm³/mol. The van der Waals surface area contributed by atoms with Gasteiger partial charge in [-0.3, -0.25) is 4.79 Å². The number of methoxy groups -OCH3 is 2. The van der Waals surface area contributed by atoms with Crippen LogP contribution in [0.25, 0.3) is 0 Å². The van der Waals surface area contributed by atoms with Crippen molar-refractivity contribution in [2.45, 2.75) is 29.4 Å². The van der Waals surface area contributed by atoms with Crippen LogP contribution in [0.2, 0.25) is 0 Å². The monoisotopic (exact) mass is 445 g/mol. The normalized spacial score (nSPS) is 22.9. The van der Waals surface area contributed by atoms with E-state index in [0.29, 0.717) is 12.5 Å². The summed E-state index contributed by atoms with van der Waals surface area (Å²) in [5.74, 6) is 3.99. The Kier molecular flexibility index (Phi) is 6.49. The smallest absolute Gasteiger partial charge is 0.223 e. The molecule has 2 aliphatic rings. The molecule has 7 heteroatoms. The molecule has 2 saturated heterocycles. The van der Waals surface area contributed by atoms with E-state index in [0.717, 1.165) is 41.3 Å². The third kappa shape index (κ3) is 3.93. The SMILES string of the molecule is COc1ccc(C2(CN3C(=O)CC[C@H]3CBr)SCCCS2)cc1OC. The highest BCUT2D eigenvalue weighted by Crippen LogP contribution is 2.52. The number of carbonyl (C=O) groups is 1. The zero-order valence-corrected chi connectivity index (χ0v) is 17.8. The Balaban J connectivity index is 1.95. The molecule has 0 unspecified atom stereocenters. The molecule has 1 atom stereocenters. The number of amides is 1. The molecule has 0 N–H and O–H groups in total. The van der Waals surface area contributed by atoms with E-state index in [-0.39, 0.29) is 9.99 Å². The van der Waals surface area contributed by atoms with E-state index in [4.69, 9.17) is 9.47 Å². The molecule has 0 saturated carbocycles. The minimum atomic E-state index is -0.141. The Labute approximate surface area is 166 Å². The number of hydrogen-bond donors (Lipinski definition) is 0. The lowest BCUT2D eigenvalue weighted by Gasteiger charge is -2.41. The van der Waals surface area contributed by atoms with Crippen molar-refractivity contribution in [1.82, 2.24) is 4.90 Å². The van der Waals surface area contributed by atoms with Crippen molar-refractivity contribution < 1.29 is 14.3 Å². The van der Waals surface area contributed by atoms with Gasteiger partial charge in [-0.05, 0) is 42.0 Å². The van der Waals surface area contributed by atoms with E-state index in [1.807, 2.05) is 29.6 Å². The summed E-state index contributed by atoms with van der Waals surface area (Å²) >= 11 is 7.49. The van der Waals surface area contributed by atoms with Gasteiger partial charge in [0.1, 0.15) is 4.08 Å². The maximum Gasteiger partial charge on any atom is 0.223 e. The van der Waals surface area contributed by atoms with Gasteiger partial charge in [0.15, 0.2) is 11.5 Å². The predicted octanol–water partition coefficient (Wildman–Crippen LogP) is 4.11. The highest BCUT2D eigenvalue weighted by Gasteiger charge is 2.42. The molecule has 0 bridgehead atoms. The summed E-state index contributed by atoms with van der Waals surface area (Å²) in [4.78, 5) is 14.5. The summed E-state index contributed by atoms with van der Waals surface area (Å²) in [6, 6.07) is 6.47. The molecule has 4 nitrogen and oxygen atoms in total. The number of halogens is 1. The number of benzene rings is 1. The van der Waals surface area contributed by atoms with Crippen LogP contribution >= 0.6 is 39.5 Å². The number of likely N-dealkylation sites (tertiary alicyclic amines) is 1. The molecular formula is C18H24BrNO3S2. The standard InChI is InChI=1S/C18H24BrNO3S2/c1-22-15-6-4-13(10-16(15)23-2)18(24-8-3-9-25-18)12-20-14(11-19)5-7-17(20)21/h4,6,10,14H,3,5,7-9,11-12H2,1-2H3/t14-/m0/s1. The summed E-state index contributed by atoms with van der Waals surface area (Å²) < 4.78 is 10.8. The number of thioether (sulfide) groups is 2. The summed E-state index contributed by atoms with van der Waals surface area (Å²) in [6.07, 6.45) is 2.81. The molecule has 0 aliphatic carbocycles. The van der Waals surface area contributed by atoms with Crippen LogP contribution in [0.4, 0.5) is 0 Å².